The zero-order chi connectivity index (χ0) is 20.4. The molecule has 0 aliphatic heterocycles. The number of hydrogen-bond donors (Lipinski definition) is 1. The van der Waals surface area contributed by atoms with Crippen LogP contribution >= 0.6 is 0 Å². The van der Waals surface area contributed by atoms with Gasteiger partial charge >= 0.3 is 0 Å². The molecule has 0 bridgehead atoms. The molecule has 4 rings (SSSR count). The monoisotopic (exact) mass is 390 g/mol. The highest BCUT2D eigenvalue weighted by Gasteiger charge is 2.17. The molecule has 29 heavy (non-hydrogen) atoms. The van der Waals surface area contributed by atoms with E-state index < -0.39 is 0 Å². The Bertz CT molecular complexity index is 1140. The Hall–Kier alpha value is -3.45. The summed E-state index contributed by atoms with van der Waals surface area (Å²) in [7, 11) is 3.93. The average Bonchev–Trinajstić information content (AvgIpc) is 3.34. The van der Waals surface area contributed by atoms with Gasteiger partial charge < -0.3 is 19.2 Å². The third-order valence-corrected chi connectivity index (χ3v) is 4.62. The predicted octanol–water partition coefficient (Wildman–Crippen LogP) is 3.75. The Kier molecular flexibility index (Phi) is 5.14. The number of benzene rings is 2. The fourth-order valence-corrected chi connectivity index (χ4v) is 2.97. The van der Waals surface area contributed by atoms with Crippen LogP contribution in [0.25, 0.3) is 33.8 Å². The van der Waals surface area contributed by atoms with Crippen molar-refractivity contribution >= 4 is 16.9 Å². The second-order valence-corrected chi connectivity index (χ2v) is 7.21. The van der Waals surface area contributed by atoms with Gasteiger partial charge in [0.25, 0.3) is 5.91 Å². The molecule has 148 valence electrons. The van der Waals surface area contributed by atoms with Crippen LogP contribution in [0.5, 0.6) is 0 Å². The first-order chi connectivity index (χ1) is 14.0. The molecule has 0 saturated heterocycles. The van der Waals surface area contributed by atoms with Crippen molar-refractivity contribution in [2.45, 2.75) is 6.92 Å². The molecule has 2 aromatic carbocycles. The van der Waals surface area contributed by atoms with Gasteiger partial charge in [-0.15, -0.1) is 0 Å². The number of nitrogens with one attached hydrogen (secondary N) is 1. The molecule has 0 unspecified atom stereocenters. The number of carbonyl (C=O) groups excluding carboxylic acids is 1. The van der Waals surface area contributed by atoms with Gasteiger partial charge in [0, 0.05) is 24.2 Å². The number of hydrogen-bond acceptors (Lipinski definition) is 6. The highest BCUT2D eigenvalue weighted by Crippen LogP contribution is 2.30. The van der Waals surface area contributed by atoms with Gasteiger partial charge in [-0.2, -0.15) is 0 Å². The van der Waals surface area contributed by atoms with E-state index in [4.69, 9.17) is 8.94 Å². The molecule has 7 heteroatoms. The van der Waals surface area contributed by atoms with E-state index >= 15 is 0 Å². The number of amides is 1. The molecule has 0 fully saturated rings. The Morgan fingerprint density at radius 1 is 1.14 bits per heavy atom. The van der Waals surface area contributed by atoms with Crippen LogP contribution in [0.15, 0.2) is 57.7 Å². The minimum atomic E-state index is -0.138. The average molecular weight is 390 g/mol. The Morgan fingerprint density at radius 2 is 1.93 bits per heavy atom. The van der Waals surface area contributed by atoms with Crippen molar-refractivity contribution in [2.24, 2.45) is 0 Å². The molecule has 7 nitrogen and oxygen atoms in total. The number of carbonyl (C=O) groups is 1. The summed E-state index contributed by atoms with van der Waals surface area (Å²) in [6.45, 7) is 3.37. The number of oxazole rings is 1. The number of nitrogens with zero attached hydrogens (tertiary/aromatic N) is 3. The van der Waals surface area contributed by atoms with Crippen LogP contribution in [0.2, 0.25) is 0 Å². The zero-order valence-corrected chi connectivity index (χ0v) is 16.6. The lowest BCUT2D eigenvalue weighted by Crippen LogP contribution is -2.31. The minimum Gasteiger partial charge on any atom is -0.444 e. The van der Waals surface area contributed by atoms with Crippen LogP contribution in [0.4, 0.5) is 0 Å². The van der Waals surface area contributed by atoms with Crippen molar-refractivity contribution < 1.29 is 13.7 Å². The molecule has 0 saturated carbocycles. The quantitative estimate of drug-likeness (QED) is 0.540. The van der Waals surface area contributed by atoms with Gasteiger partial charge in [0.05, 0.1) is 5.39 Å². The van der Waals surface area contributed by atoms with Crippen molar-refractivity contribution in [2.75, 3.05) is 27.2 Å². The van der Waals surface area contributed by atoms with E-state index in [-0.39, 0.29) is 5.91 Å². The molecule has 0 aliphatic carbocycles. The van der Waals surface area contributed by atoms with Crippen molar-refractivity contribution in [3.05, 3.63) is 59.9 Å². The molecule has 4 aromatic rings. The summed E-state index contributed by atoms with van der Waals surface area (Å²) in [6.07, 6.45) is 1.55. The van der Waals surface area contributed by atoms with E-state index in [9.17, 15) is 4.79 Å². The molecular weight excluding hydrogens is 368 g/mol. The third-order valence-electron chi connectivity index (χ3n) is 4.62. The summed E-state index contributed by atoms with van der Waals surface area (Å²) in [5.41, 5.74) is 4.29. The summed E-state index contributed by atoms with van der Waals surface area (Å²) in [5.74, 6) is 0.370. The van der Waals surface area contributed by atoms with Crippen molar-refractivity contribution in [3.8, 4) is 22.8 Å². The molecule has 2 heterocycles. The maximum Gasteiger partial charge on any atom is 0.251 e. The van der Waals surface area contributed by atoms with Gasteiger partial charge in [-0.25, -0.2) is 4.98 Å². The summed E-state index contributed by atoms with van der Waals surface area (Å²) in [5, 5.41) is 7.76. The van der Waals surface area contributed by atoms with Crippen LogP contribution in [0, 0.1) is 6.92 Å². The minimum absolute atomic E-state index is 0.138. The van der Waals surface area contributed by atoms with E-state index in [0.717, 1.165) is 12.1 Å². The smallest absolute Gasteiger partial charge is 0.251 e. The number of likely N-dealkylation sites (N-methyl/N-ethyl adjacent to an activating group) is 1. The topological polar surface area (TPSA) is 84.4 Å². The summed E-state index contributed by atoms with van der Waals surface area (Å²) in [6, 6.07) is 13.2. The first-order valence-corrected chi connectivity index (χ1v) is 9.36. The first-order valence-electron chi connectivity index (χ1n) is 9.36. The summed E-state index contributed by atoms with van der Waals surface area (Å²) >= 11 is 0. The second kappa shape index (κ2) is 7.89. The Balaban J connectivity index is 1.61. The largest absolute Gasteiger partial charge is 0.444 e. The molecule has 0 radical (unpaired) electrons. The van der Waals surface area contributed by atoms with Gasteiger partial charge in [0.15, 0.2) is 5.58 Å². The fraction of sp³-hybridized carbons (Fsp3) is 0.227. The summed E-state index contributed by atoms with van der Waals surface area (Å²) < 4.78 is 11.1. The maximum absolute atomic E-state index is 12.4. The zero-order valence-electron chi connectivity index (χ0n) is 16.6. The predicted molar refractivity (Wildman–Crippen MR) is 111 cm³/mol. The summed E-state index contributed by atoms with van der Waals surface area (Å²) in [4.78, 5) is 19.0. The van der Waals surface area contributed by atoms with E-state index in [1.807, 2.05) is 50.2 Å². The normalized spacial score (nSPS) is 11.3. The highest BCUT2D eigenvalue weighted by atomic mass is 16.5. The van der Waals surface area contributed by atoms with Crippen molar-refractivity contribution in [1.82, 2.24) is 20.4 Å². The lowest BCUT2D eigenvalue weighted by atomic mass is 10.1. The Labute approximate surface area is 168 Å². The second-order valence-electron chi connectivity index (χ2n) is 7.21. The van der Waals surface area contributed by atoms with Crippen molar-refractivity contribution in [3.63, 3.8) is 0 Å². The number of rotatable bonds is 6. The van der Waals surface area contributed by atoms with Crippen molar-refractivity contribution in [1.29, 1.82) is 0 Å². The Morgan fingerprint density at radius 3 is 2.69 bits per heavy atom. The van der Waals surface area contributed by atoms with Crippen LogP contribution in [0.1, 0.15) is 15.9 Å². The number of aromatic nitrogens is 2. The van der Waals surface area contributed by atoms with E-state index in [1.54, 1.807) is 24.5 Å². The van der Waals surface area contributed by atoms with E-state index in [2.05, 4.69) is 15.5 Å². The van der Waals surface area contributed by atoms with E-state index in [1.165, 1.54) is 5.56 Å². The molecule has 1 N–H and O–H groups in total. The van der Waals surface area contributed by atoms with Crippen LogP contribution in [0.3, 0.4) is 0 Å². The molecule has 0 aliphatic rings. The molecule has 0 atom stereocenters. The van der Waals surface area contributed by atoms with Crippen LogP contribution in [-0.2, 0) is 0 Å². The van der Waals surface area contributed by atoms with Gasteiger partial charge in [-0.3, -0.25) is 4.79 Å². The fourth-order valence-electron chi connectivity index (χ4n) is 2.97. The van der Waals surface area contributed by atoms with E-state index in [0.29, 0.717) is 40.4 Å². The number of aryl methyl sites for hydroxylation is 1. The first kappa shape index (κ1) is 18.9. The standard InChI is InChI=1S/C22H22N4O3/c1-14-4-6-15(7-5-14)22-24-18(13-28-22)20-17-12-16(8-9-19(17)29-25-20)21(27)23-10-11-26(2)3/h4-9,12-13H,10-11H2,1-3H3,(H,23,27). The molecule has 1 amide bonds. The third kappa shape index (κ3) is 4.05. The lowest BCUT2D eigenvalue weighted by Gasteiger charge is -2.10. The van der Waals surface area contributed by atoms with Crippen LogP contribution in [-0.4, -0.2) is 48.1 Å². The van der Waals surface area contributed by atoms with Gasteiger partial charge in [-0.05, 0) is 51.4 Å². The SMILES string of the molecule is Cc1ccc(-c2nc(-c3noc4ccc(C(=O)NCCN(C)C)cc34)co2)cc1. The molecule has 2 aromatic heterocycles. The highest BCUT2D eigenvalue weighted by molar-refractivity contribution is 6.00. The van der Waals surface area contributed by atoms with Gasteiger partial charge in [-0.1, -0.05) is 22.9 Å². The number of fused-ring (bicyclic) bond motifs is 1. The van der Waals surface area contributed by atoms with Gasteiger partial charge in [0.2, 0.25) is 5.89 Å². The van der Waals surface area contributed by atoms with Gasteiger partial charge in [0.1, 0.15) is 17.7 Å². The lowest BCUT2D eigenvalue weighted by molar-refractivity contribution is 0.0951. The molecule has 0 spiro atoms. The maximum atomic E-state index is 12.4. The molecular formula is C22H22N4O3. The van der Waals surface area contributed by atoms with Crippen LogP contribution < -0.4 is 5.32 Å².